The van der Waals surface area contributed by atoms with Crippen molar-refractivity contribution in [1.29, 1.82) is 0 Å². The van der Waals surface area contributed by atoms with E-state index in [0.29, 0.717) is 36.6 Å². The Morgan fingerprint density at radius 3 is 2.67 bits per heavy atom. The highest BCUT2D eigenvalue weighted by Crippen LogP contribution is 2.23. The van der Waals surface area contributed by atoms with Gasteiger partial charge in [0.25, 0.3) is 5.56 Å². The first-order chi connectivity index (χ1) is 11.5. The molecule has 7 nitrogen and oxygen atoms in total. The average Bonchev–Trinajstić information content (AvgIpc) is 2.97. The Labute approximate surface area is 136 Å². The number of imidazole rings is 1. The highest BCUT2D eigenvalue weighted by atomic mass is 19.1. The van der Waals surface area contributed by atoms with Gasteiger partial charge in [0, 0.05) is 32.9 Å². The second-order valence-corrected chi connectivity index (χ2v) is 5.96. The standard InChI is InChI=1S/C16H16FN5O2/c1-19-14-13(15(23)20(2)16(19)24)22-7-6-21(9-12(22)18-14)11-5-3-4-10(17)8-11/h3-5,8H,6-7,9H2,1-2H3. The molecule has 0 N–H and O–H groups in total. The fourth-order valence-corrected chi connectivity index (χ4v) is 3.22. The van der Waals surface area contributed by atoms with Crippen molar-refractivity contribution in [2.75, 3.05) is 11.4 Å². The van der Waals surface area contributed by atoms with E-state index < -0.39 is 5.69 Å². The first kappa shape index (κ1) is 14.7. The highest BCUT2D eigenvalue weighted by molar-refractivity contribution is 5.71. The molecule has 0 amide bonds. The van der Waals surface area contributed by atoms with Crippen LogP contribution in [0.15, 0.2) is 33.9 Å². The van der Waals surface area contributed by atoms with Crippen LogP contribution in [0.25, 0.3) is 11.2 Å². The molecule has 3 heterocycles. The largest absolute Gasteiger partial charge is 0.362 e. The van der Waals surface area contributed by atoms with Crippen molar-refractivity contribution < 1.29 is 4.39 Å². The van der Waals surface area contributed by atoms with Gasteiger partial charge < -0.3 is 9.47 Å². The van der Waals surface area contributed by atoms with Gasteiger partial charge in [-0.1, -0.05) is 6.07 Å². The topological polar surface area (TPSA) is 65.1 Å². The summed E-state index contributed by atoms with van der Waals surface area (Å²) in [7, 11) is 3.07. The van der Waals surface area contributed by atoms with Crippen molar-refractivity contribution >= 4 is 16.9 Å². The number of benzene rings is 1. The van der Waals surface area contributed by atoms with Gasteiger partial charge in [-0.15, -0.1) is 0 Å². The zero-order valence-electron chi connectivity index (χ0n) is 13.4. The molecule has 3 aromatic rings. The van der Waals surface area contributed by atoms with Crippen LogP contribution in [0.2, 0.25) is 0 Å². The second kappa shape index (κ2) is 5.05. The number of anilines is 1. The lowest BCUT2D eigenvalue weighted by Crippen LogP contribution is -2.38. The summed E-state index contributed by atoms with van der Waals surface area (Å²) >= 11 is 0. The number of aryl methyl sites for hydroxylation is 1. The molecule has 0 radical (unpaired) electrons. The number of rotatable bonds is 1. The van der Waals surface area contributed by atoms with Crippen LogP contribution < -0.4 is 16.1 Å². The van der Waals surface area contributed by atoms with E-state index in [0.717, 1.165) is 10.3 Å². The molecule has 0 atom stereocenters. The molecule has 0 fully saturated rings. The Bertz CT molecular complexity index is 1080. The molecule has 4 rings (SSSR count). The number of fused-ring (bicyclic) bond motifs is 3. The van der Waals surface area contributed by atoms with E-state index in [1.165, 1.54) is 23.7 Å². The molecule has 0 saturated carbocycles. The minimum Gasteiger partial charge on any atom is -0.362 e. The molecule has 24 heavy (non-hydrogen) atoms. The van der Waals surface area contributed by atoms with Crippen LogP contribution in [0, 0.1) is 5.82 Å². The van der Waals surface area contributed by atoms with E-state index in [-0.39, 0.29) is 11.4 Å². The van der Waals surface area contributed by atoms with Gasteiger partial charge in [-0.2, -0.15) is 0 Å². The first-order valence-electron chi connectivity index (χ1n) is 7.63. The molecule has 124 valence electrons. The molecule has 8 heteroatoms. The quantitative estimate of drug-likeness (QED) is 0.656. The fraction of sp³-hybridized carbons (Fsp3) is 0.312. The van der Waals surface area contributed by atoms with E-state index >= 15 is 0 Å². The minimum absolute atomic E-state index is 0.289. The van der Waals surface area contributed by atoms with Crippen molar-refractivity contribution in [2.45, 2.75) is 13.1 Å². The van der Waals surface area contributed by atoms with Crippen molar-refractivity contribution in [3.05, 3.63) is 56.7 Å². The third-order valence-corrected chi connectivity index (χ3v) is 4.53. The Morgan fingerprint density at radius 1 is 1.12 bits per heavy atom. The van der Waals surface area contributed by atoms with Crippen LogP contribution >= 0.6 is 0 Å². The summed E-state index contributed by atoms with van der Waals surface area (Å²) in [6, 6.07) is 6.40. The van der Waals surface area contributed by atoms with E-state index in [1.807, 2.05) is 15.5 Å². The van der Waals surface area contributed by atoms with Crippen molar-refractivity contribution in [1.82, 2.24) is 18.7 Å². The van der Waals surface area contributed by atoms with E-state index in [1.54, 1.807) is 13.1 Å². The predicted molar refractivity (Wildman–Crippen MR) is 87.7 cm³/mol. The smallest absolute Gasteiger partial charge is 0.332 e. The van der Waals surface area contributed by atoms with Crippen LogP contribution in [0.4, 0.5) is 10.1 Å². The molecule has 2 aromatic heterocycles. The third-order valence-electron chi connectivity index (χ3n) is 4.53. The van der Waals surface area contributed by atoms with E-state index in [4.69, 9.17) is 0 Å². The second-order valence-electron chi connectivity index (χ2n) is 5.96. The summed E-state index contributed by atoms with van der Waals surface area (Å²) < 4.78 is 17.8. The van der Waals surface area contributed by atoms with Crippen LogP contribution in [0.3, 0.4) is 0 Å². The number of hydrogen-bond acceptors (Lipinski definition) is 4. The van der Waals surface area contributed by atoms with Crippen molar-refractivity contribution in [2.24, 2.45) is 14.1 Å². The van der Waals surface area contributed by atoms with Gasteiger partial charge >= 0.3 is 5.69 Å². The molecule has 0 unspecified atom stereocenters. The summed E-state index contributed by atoms with van der Waals surface area (Å²) in [5.74, 6) is 0.404. The van der Waals surface area contributed by atoms with Crippen LogP contribution in [-0.2, 0) is 27.2 Å². The van der Waals surface area contributed by atoms with Gasteiger partial charge in [0.05, 0.1) is 6.54 Å². The van der Waals surface area contributed by atoms with Gasteiger partial charge in [0.15, 0.2) is 11.2 Å². The molecular formula is C16H16FN5O2. The summed E-state index contributed by atoms with van der Waals surface area (Å²) in [5, 5.41) is 0. The first-order valence-corrected chi connectivity index (χ1v) is 7.63. The third kappa shape index (κ3) is 1.99. The predicted octanol–water partition coefficient (Wildman–Crippen LogP) is 0.593. The molecular weight excluding hydrogens is 313 g/mol. The van der Waals surface area contributed by atoms with E-state index in [9.17, 15) is 14.0 Å². The fourth-order valence-electron chi connectivity index (χ4n) is 3.22. The summed E-state index contributed by atoms with van der Waals surface area (Å²) in [4.78, 5) is 31.0. The van der Waals surface area contributed by atoms with Crippen LogP contribution in [0.1, 0.15) is 5.82 Å². The summed E-state index contributed by atoms with van der Waals surface area (Å²) in [6.45, 7) is 1.64. The Morgan fingerprint density at radius 2 is 1.92 bits per heavy atom. The molecule has 0 saturated heterocycles. The van der Waals surface area contributed by atoms with Crippen LogP contribution in [-0.4, -0.2) is 25.2 Å². The van der Waals surface area contributed by atoms with Crippen LogP contribution in [0.5, 0.6) is 0 Å². The van der Waals surface area contributed by atoms with E-state index in [2.05, 4.69) is 4.98 Å². The maximum Gasteiger partial charge on any atom is 0.332 e. The van der Waals surface area contributed by atoms with Gasteiger partial charge in [0.2, 0.25) is 0 Å². The minimum atomic E-state index is -0.398. The molecule has 1 aliphatic heterocycles. The molecule has 0 spiro atoms. The zero-order chi connectivity index (χ0) is 17.0. The monoisotopic (exact) mass is 329 g/mol. The lowest BCUT2D eigenvalue weighted by atomic mass is 10.2. The maximum atomic E-state index is 13.5. The molecule has 1 aromatic carbocycles. The average molecular weight is 329 g/mol. The Hall–Kier alpha value is -2.90. The number of nitrogens with zero attached hydrogens (tertiary/aromatic N) is 5. The normalized spacial score (nSPS) is 14.2. The van der Waals surface area contributed by atoms with Gasteiger partial charge in [0.1, 0.15) is 11.6 Å². The molecule has 0 aliphatic carbocycles. The van der Waals surface area contributed by atoms with Gasteiger partial charge in [-0.25, -0.2) is 14.2 Å². The van der Waals surface area contributed by atoms with Crippen molar-refractivity contribution in [3.8, 4) is 0 Å². The number of halogens is 1. The van der Waals surface area contributed by atoms with Crippen molar-refractivity contribution in [3.63, 3.8) is 0 Å². The Kier molecular flexibility index (Phi) is 3.09. The maximum absolute atomic E-state index is 13.5. The SMILES string of the molecule is Cn1c(=O)c2c(nc3n2CCN(c2cccc(F)c2)C3)n(C)c1=O. The lowest BCUT2D eigenvalue weighted by molar-refractivity contribution is 0.566. The molecule has 0 bridgehead atoms. The number of hydrogen-bond donors (Lipinski definition) is 0. The van der Waals surface area contributed by atoms with Gasteiger partial charge in [-0.05, 0) is 18.2 Å². The molecule has 1 aliphatic rings. The zero-order valence-corrected chi connectivity index (χ0v) is 13.4. The Balaban J connectivity index is 1.86. The highest BCUT2D eigenvalue weighted by Gasteiger charge is 2.24. The number of aromatic nitrogens is 4. The van der Waals surface area contributed by atoms with Gasteiger partial charge in [-0.3, -0.25) is 13.9 Å². The summed E-state index contributed by atoms with van der Waals surface area (Å²) in [5.41, 5.74) is 0.860. The lowest BCUT2D eigenvalue weighted by Gasteiger charge is -2.29. The summed E-state index contributed by atoms with van der Waals surface area (Å²) in [6.07, 6.45) is 0.